The summed E-state index contributed by atoms with van der Waals surface area (Å²) in [5.41, 5.74) is -0.0921. The third kappa shape index (κ3) is 3.56. The molecule has 0 saturated carbocycles. The first-order valence-corrected chi connectivity index (χ1v) is 8.03. The maximum absolute atomic E-state index is 11.6. The molecule has 9 heteroatoms. The van der Waals surface area contributed by atoms with Crippen LogP contribution < -0.4 is 10.6 Å². The summed E-state index contributed by atoms with van der Waals surface area (Å²) in [6.07, 6.45) is 1.30. The number of pyridine rings is 1. The van der Waals surface area contributed by atoms with Crippen LogP contribution in [0.1, 0.15) is 12.8 Å². The molecular weight excluding hydrogens is 284 g/mol. The molecule has 1 saturated heterocycles. The van der Waals surface area contributed by atoms with E-state index in [1.54, 1.807) is 7.05 Å². The Morgan fingerprint density at radius 1 is 1.40 bits per heavy atom. The van der Waals surface area contributed by atoms with Crippen LogP contribution in [0, 0.1) is 10.1 Å². The van der Waals surface area contributed by atoms with Gasteiger partial charge in [0.1, 0.15) is 11.6 Å². The molecule has 2 N–H and O–H groups in total. The van der Waals surface area contributed by atoms with Gasteiger partial charge in [-0.3, -0.25) is 10.1 Å². The van der Waals surface area contributed by atoms with Crippen LogP contribution in [0.5, 0.6) is 0 Å². The highest BCUT2D eigenvalue weighted by molar-refractivity contribution is 7.91. The SMILES string of the molecule is CNc1cc([N+](=O)[O-])cc(NC2CCCS(=O)(=O)C2)n1. The second kappa shape index (κ2) is 5.61. The Morgan fingerprint density at radius 2 is 2.10 bits per heavy atom. The molecule has 0 amide bonds. The summed E-state index contributed by atoms with van der Waals surface area (Å²) in [6, 6.07) is 2.37. The maximum Gasteiger partial charge on any atom is 0.276 e. The molecule has 2 heterocycles. The number of aromatic nitrogens is 1. The van der Waals surface area contributed by atoms with Crippen LogP contribution in [0.2, 0.25) is 0 Å². The van der Waals surface area contributed by atoms with Crippen LogP contribution in [0.3, 0.4) is 0 Å². The van der Waals surface area contributed by atoms with Crippen LogP contribution in [-0.2, 0) is 9.84 Å². The molecule has 8 nitrogen and oxygen atoms in total. The van der Waals surface area contributed by atoms with Crippen LogP contribution in [0.15, 0.2) is 12.1 Å². The lowest BCUT2D eigenvalue weighted by atomic mass is 10.2. The molecule has 1 fully saturated rings. The van der Waals surface area contributed by atoms with Gasteiger partial charge in [-0.05, 0) is 12.8 Å². The highest BCUT2D eigenvalue weighted by atomic mass is 32.2. The fourth-order valence-corrected chi connectivity index (χ4v) is 3.81. The van der Waals surface area contributed by atoms with Crippen molar-refractivity contribution < 1.29 is 13.3 Å². The molecular formula is C11H16N4O4S. The van der Waals surface area contributed by atoms with Gasteiger partial charge in [0, 0.05) is 13.1 Å². The number of nitrogens with one attached hydrogen (secondary N) is 2. The van der Waals surface area contributed by atoms with E-state index in [1.807, 2.05) is 0 Å². The minimum absolute atomic E-state index is 0.0340. The molecule has 0 radical (unpaired) electrons. The van der Waals surface area contributed by atoms with E-state index >= 15 is 0 Å². The zero-order valence-corrected chi connectivity index (χ0v) is 11.8. The first-order chi connectivity index (χ1) is 9.39. The van der Waals surface area contributed by atoms with Crippen LogP contribution in [0.25, 0.3) is 0 Å². The molecule has 1 aromatic rings. The zero-order chi connectivity index (χ0) is 14.8. The Balaban J connectivity index is 2.20. The fourth-order valence-electron chi connectivity index (χ4n) is 2.17. The molecule has 0 spiro atoms. The lowest BCUT2D eigenvalue weighted by Crippen LogP contribution is -2.35. The molecule has 0 aromatic carbocycles. The van der Waals surface area contributed by atoms with Gasteiger partial charge in [0.15, 0.2) is 9.84 Å². The van der Waals surface area contributed by atoms with Gasteiger partial charge in [0.25, 0.3) is 5.69 Å². The van der Waals surface area contributed by atoms with Crippen molar-refractivity contribution in [3.8, 4) is 0 Å². The lowest BCUT2D eigenvalue weighted by Gasteiger charge is -2.23. The predicted molar refractivity (Wildman–Crippen MR) is 75.7 cm³/mol. The normalized spacial score (nSPS) is 21.1. The number of hydrogen-bond donors (Lipinski definition) is 2. The number of nitrogens with zero attached hydrogens (tertiary/aromatic N) is 2. The van der Waals surface area contributed by atoms with Crippen molar-refractivity contribution in [1.29, 1.82) is 0 Å². The standard InChI is InChI=1S/C11H16N4O4S/c1-12-10-5-9(15(16)17)6-11(14-10)13-8-3-2-4-20(18,19)7-8/h5-6,8H,2-4,7H2,1H3,(H2,12,13,14). The van der Waals surface area contributed by atoms with Gasteiger partial charge >= 0.3 is 0 Å². The molecule has 2 rings (SSSR count). The topological polar surface area (TPSA) is 114 Å². The summed E-state index contributed by atoms with van der Waals surface area (Å²) in [4.78, 5) is 14.5. The van der Waals surface area contributed by atoms with E-state index in [0.29, 0.717) is 24.5 Å². The Kier molecular flexibility index (Phi) is 4.07. The van der Waals surface area contributed by atoms with Crippen molar-refractivity contribution >= 4 is 27.2 Å². The highest BCUT2D eigenvalue weighted by Crippen LogP contribution is 2.23. The average molecular weight is 300 g/mol. The Morgan fingerprint density at radius 3 is 2.70 bits per heavy atom. The van der Waals surface area contributed by atoms with E-state index in [2.05, 4.69) is 15.6 Å². The number of rotatable bonds is 4. The third-order valence-corrected chi connectivity index (χ3v) is 4.91. The van der Waals surface area contributed by atoms with Crippen molar-refractivity contribution in [3.05, 3.63) is 22.2 Å². The number of anilines is 2. The van der Waals surface area contributed by atoms with Crippen LogP contribution in [0.4, 0.5) is 17.3 Å². The van der Waals surface area contributed by atoms with E-state index in [-0.39, 0.29) is 23.2 Å². The second-order valence-corrected chi connectivity index (χ2v) is 6.93. The van der Waals surface area contributed by atoms with Crippen LogP contribution in [-0.4, -0.2) is 42.9 Å². The Hall–Kier alpha value is -1.90. The number of sulfone groups is 1. The fraction of sp³-hybridized carbons (Fsp3) is 0.545. The average Bonchev–Trinajstić information content (AvgIpc) is 2.37. The van der Waals surface area contributed by atoms with E-state index in [0.717, 1.165) is 0 Å². The van der Waals surface area contributed by atoms with Gasteiger partial charge in [0.05, 0.1) is 28.6 Å². The summed E-state index contributed by atoms with van der Waals surface area (Å²) < 4.78 is 23.1. The molecule has 1 unspecified atom stereocenters. The van der Waals surface area contributed by atoms with Gasteiger partial charge in [-0.15, -0.1) is 0 Å². The van der Waals surface area contributed by atoms with Crippen molar-refractivity contribution in [1.82, 2.24) is 4.98 Å². The Bertz CT molecular complexity index is 617. The minimum Gasteiger partial charge on any atom is -0.373 e. The number of nitro groups is 1. The quantitative estimate of drug-likeness (QED) is 0.630. The molecule has 1 aromatic heterocycles. The summed E-state index contributed by atoms with van der Waals surface area (Å²) in [7, 11) is -1.42. The van der Waals surface area contributed by atoms with Crippen molar-refractivity contribution in [2.45, 2.75) is 18.9 Å². The van der Waals surface area contributed by atoms with Crippen molar-refractivity contribution in [3.63, 3.8) is 0 Å². The third-order valence-electron chi connectivity index (χ3n) is 3.09. The highest BCUT2D eigenvalue weighted by Gasteiger charge is 2.25. The van der Waals surface area contributed by atoms with Gasteiger partial charge < -0.3 is 10.6 Å². The van der Waals surface area contributed by atoms with Crippen molar-refractivity contribution in [2.75, 3.05) is 29.2 Å². The monoisotopic (exact) mass is 300 g/mol. The minimum atomic E-state index is -3.03. The van der Waals surface area contributed by atoms with Gasteiger partial charge in [-0.1, -0.05) is 0 Å². The molecule has 1 atom stereocenters. The molecule has 0 aliphatic carbocycles. The summed E-state index contributed by atoms with van der Waals surface area (Å²) >= 11 is 0. The van der Waals surface area contributed by atoms with E-state index in [4.69, 9.17) is 0 Å². The van der Waals surface area contributed by atoms with Gasteiger partial charge in [-0.2, -0.15) is 0 Å². The van der Waals surface area contributed by atoms with Crippen molar-refractivity contribution in [2.24, 2.45) is 0 Å². The first-order valence-electron chi connectivity index (χ1n) is 6.21. The first kappa shape index (κ1) is 14.5. The molecule has 1 aliphatic heterocycles. The van der Waals surface area contributed by atoms with Crippen LogP contribution >= 0.6 is 0 Å². The van der Waals surface area contributed by atoms with Gasteiger partial charge in [-0.25, -0.2) is 13.4 Å². The lowest BCUT2D eigenvalue weighted by molar-refractivity contribution is -0.384. The summed E-state index contributed by atoms with van der Waals surface area (Å²) in [5, 5.41) is 16.6. The predicted octanol–water partition coefficient (Wildman–Crippen LogP) is 1.02. The number of hydrogen-bond acceptors (Lipinski definition) is 7. The summed E-state index contributed by atoms with van der Waals surface area (Å²) in [5.74, 6) is 0.910. The van der Waals surface area contributed by atoms with E-state index in [1.165, 1.54) is 12.1 Å². The van der Waals surface area contributed by atoms with E-state index in [9.17, 15) is 18.5 Å². The maximum atomic E-state index is 11.6. The molecule has 20 heavy (non-hydrogen) atoms. The smallest absolute Gasteiger partial charge is 0.276 e. The second-order valence-electron chi connectivity index (χ2n) is 4.70. The zero-order valence-electron chi connectivity index (χ0n) is 11.0. The Labute approximate surface area is 116 Å². The van der Waals surface area contributed by atoms with Gasteiger partial charge in [0.2, 0.25) is 0 Å². The molecule has 0 bridgehead atoms. The molecule has 110 valence electrons. The largest absolute Gasteiger partial charge is 0.373 e. The molecule has 1 aliphatic rings. The van der Waals surface area contributed by atoms with E-state index < -0.39 is 14.8 Å². The summed E-state index contributed by atoms with van der Waals surface area (Å²) in [6.45, 7) is 0.